The lowest BCUT2D eigenvalue weighted by Gasteiger charge is -2.48. The number of unbranched alkanes of at least 4 members (excludes halogenated alkanes) is 1. The molecular weight excluding hydrogens is 178 g/mol. The van der Waals surface area contributed by atoms with Gasteiger partial charge in [-0.15, -0.1) is 0 Å². The van der Waals surface area contributed by atoms with Crippen LogP contribution in [-0.4, -0.2) is 34.6 Å². The fourth-order valence-corrected chi connectivity index (χ4v) is 2.15. The second-order valence-electron chi connectivity index (χ2n) is 4.49. The van der Waals surface area contributed by atoms with Crippen molar-refractivity contribution >= 4 is 5.97 Å². The van der Waals surface area contributed by atoms with E-state index in [1.807, 2.05) is 0 Å². The van der Waals surface area contributed by atoms with Crippen LogP contribution in [0.1, 0.15) is 40.0 Å². The fourth-order valence-electron chi connectivity index (χ4n) is 2.15. The lowest BCUT2D eigenvalue weighted by atomic mass is 9.84. The predicted octanol–water partition coefficient (Wildman–Crippen LogP) is 1.97. The minimum absolute atomic E-state index is 0.214. The van der Waals surface area contributed by atoms with E-state index in [0.29, 0.717) is 12.0 Å². The van der Waals surface area contributed by atoms with Gasteiger partial charge in [0.25, 0.3) is 0 Å². The van der Waals surface area contributed by atoms with Crippen LogP contribution in [0.3, 0.4) is 0 Å². The number of carbonyl (C=O) groups is 1. The van der Waals surface area contributed by atoms with Crippen molar-refractivity contribution in [2.24, 2.45) is 5.92 Å². The number of likely N-dealkylation sites (tertiary alicyclic amines) is 1. The van der Waals surface area contributed by atoms with E-state index < -0.39 is 5.97 Å². The normalized spacial score (nSPS) is 27.7. The molecule has 0 aromatic rings. The molecule has 0 spiro atoms. The molecule has 1 aliphatic heterocycles. The van der Waals surface area contributed by atoms with Crippen molar-refractivity contribution in [2.45, 2.75) is 52.1 Å². The van der Waals surface area contributed by atoms with Gasteiger partial charge in [0.05, 0.1) is 0 Å². The molecule has 3 nitrogen and oxygen atoms in total. The van der Waals surface area contributed by atoms with Gasteiger partial charge in [-0.1, -0.05) is 27.2 Å². The maximum atomic E-state index is 10.9. The third-order valence-electron chi connectivity index (χ3n) is 3.12. The summed E-state index contributed by atoms with van der Waals surface area (Å²) < 4.78 is 0. The first-order valence-corrected chi connectivity index (χ1v) is 5.56. The maximum absolute atomic E-state index is 10.9. The van der Waals surface area contributed by atoms with Crippen LogP contribution in [0.25, 0.3) is 0 Å². The van der Waals surface area contributed by atoms with Crippen LogP contribution >= 0.6 is 0 Å². The number of nitrogens with zero attached hydrogens (tertiary/aromatic N) is 1. The van der Waals surface area contributed by atoms with Gasteiger partial charge in [0, 0.05) is 6.04 Å². The largest absolute Gasteiger partial charge is 0.480 e. The number of aliphatic carboxylic acids is 1. The Labute approximate surface area is 86.1 Å². The Morgan fingerprint density at radius 1 is 1.57 bits per heavy atom. The first-order valence-electron chi connectivity index (χ1n) is 5.56. The highest BCUT2D eigenvalue weighted by Crippen LogP contribution is 2.31. The lowest BCUT2D eigenvalue weighted by molar-refractivity contribution is -0.154. The molecule has 0 unspecified atom stereocenters. The zero-order valence-corrected chi connectivity index (χ0v) is 9.36. The average Bonchev–Trinajstić information content (AvgIpc) is 2.01. The molecule has 1 fully saturated rings. The van der Waals surface area contributed by atoms with Crippen molar-refractivity contribution in [1.82, 2.24) is 4.90 Å². The Hall–Kier alpha value is -0.570. The molecule has 0 saturated carbocycles. The monoisotopic (exact) mass is 199 g/mol. The maximum Gasteiger partial charge on any atom is 0.320 e. The summed E-state index contributed by atoms with van der Waals surface area (Å²) in [6.45, 7) is 7.42. The zero-order chi connectivity index (χ0) is 10.7. The van der Waals surface area contributed by atoms with Gasteiger partial charge in [-0.3, -0.25) is 9.69 Å². The standard InChI is InChI=1S/C11H21NO2/c1-4-5-6-12-9(8(2)3)7-10(12)11(13)14/h8-10H,4-7H2,1-3H3,(H,13,14)/t9-,10+/m1/s1. The van der Waals surface area contributed by atoms with Gasteiger partial charge in [-0.25, -0.2) is 0 Å². The Kier molecular flexibility index (Phi) is 3.93. The number of carboxylic acid groups (broad SMARTS) is 1. The minimum Gasteiger partial charge on any atom is -0.480 e. The average molecular weight is 199 g/mol. The molecule has 2 atom stereocenters. The summed E-state index contributed by atoms with van der Waals surface area (Å²) in [6, 6.07) is 0.275. The topological polar surface area (TPSA) is 40.5 Å². The van der Waals surface area contributed by atoms with Gasteiger partial charge in [-0.05, 0) is 25.3 Å². The van der Waals surface area contributed by atoms with Crippen LogP contribution in [0, 0.1) is 5.92 Å². The highest BCUT2D eigenvalue weighted by atomic mass is 16.4. The summed E-state index contributed by atoms with van der Waals surface area (Å²) in [7, 11) is 0. The van der Waals surface area contributed by atoms with Crippen LogP contribution in [-0.2, 0) is 4.79 Å². The fraction of sp³-hybridized carbons (Fsp3) is 0.909. The number of hydrogen-bond donors (Lipinski definition) is 1. The van der Waals surface area contributed by atoms with Crippen molar-refractivity contribution in [3.8, 4) is 0 Å². The molecule has 82 valence electrons. The summed E-state index contributed by atoms with van der Waals surface area (Å²) >= 11 is 0. The van der Waals surface area contributed by atoms with Gasteiger partial charge in [0.2, 0.25) is 0 Å². The van der Waals surface area contributed by atoms with E-state index in [2.05, 4.69) is 25.7 Å². The predicted molar refractivity (Wildman–Crippen MR) is 56.3 cm³/mol. The van der Waals surface area contributed by atoms with Gasteiger partial charge in [0.1, 0.15) is 6.04 Å². The van der Waals surface area contributed by atoms with Crippen LogP contribution in [0.2, 0.25) is 0 Å². The first-order chi connectivity index (χ1) is 6.57. The van der Waals surface area contributed by atoms with Crippen molar-refractivity contribution in [3.05, 3.63) is 0 Å². The lowest BCUT2D eigenvalue weighted by Crippen LogP contribution is -2.61. The van der Waals surface area contributed by atoms with Crippen molar-refractivity contribution in [1.29, 1.82) is 0 Å². The molecule has 0 bridgehead atoms. The van der Waals surface area contributed by atoms with Crippen molar-refractivity contribution in [2.75, 3.05) is 6.54 Å². The van der Waals surface area contributed by atoms with E-state index in [0.717, 1.165) is 25.8 Å². The highest BCUT2D eigenvalue weighted by Gasteiger charge is 2.43. The van der Waals surface area contributed by atoms with Crippen LogP contribution < -0.4 is 0 Å². The molecule has 0 aliphatic carbocycles. The second-order valence-corrected chi connectivity index (χ2v) is 4.49. The van der Waals surface area contributed by atoms with E-state index >= 15 is 0 Å². The summed E-state index contributed by atoms with van der Waals surface area (Å²) in [5.41, 5.74) is 0. The summed E-state index contributed by atoms with van der Waals surface area (Å²) in [5.74, 6) is -0.0829. The third kappa shape index (κ3) is 2.27. The molecule has 0 radical (unpaired) electrons. The van der Waals surface area contributed by atoms with Gasteiger partial charge in [0.15, 0.2) is 0 Å². The summed E-state index contributed by atoms with van der Waals surface area (Å²) in [5, 5.41) is 8.96. The van der Waals surface area contributed by atoms with Gasteiger partial charge >= 0.3 is 5.97 Å². The Morgan fingerprint density at radius 3 is 2.64 bits per heavy atom. The zero-order valence-electron chi connectivity index (χ0n) is 9.36. The summed E-state index contributed by atoms with van der Waals surface area (Å²) in [4.78, 5) is 13.0. The Balaban J connectivity index is 2.48. The molecule has 1 heterocycles. The van der Waals surface area contributed by atoms with E-state index in [1.54, 1.807) is 0 Å². The molecule has 14 heavy (non-hydrogen) atoms. The van der Waals surface area contributed by atoms with Gasteiger partial charge < -0.3 is 5.11 Å². The van der Waals surface area contributed by atoms with E-state index in [-0.39, 0.29) is 6.04 Å². The molecule has 3 heteroatoms. The molecule has 0 aromatic carbocycles. The van der Waals surface area contributed by atoms with Crippen LogP contribution in [0.5, 0.6) is 0 Å². The Bertz CT molecular complexity index is 203. The third-order valence-corrected chi connectivity index (χ3v) is 3.12. The van der Waals surface area contributed by atoms with Crippen molar-refractivity contribution in [3.63, 3.8) is 0 Å². The second kappa shape index (κ2) is 4.78. The molecule has 0 aromatic heterocycles. The van der Waals surface area contributed by atoms with E-state index in [1.165, 1.54) is 0 Å². The van der Waals surface area contributed by atoms with Crippen molar-refractivity contribution < 1.29 is 9.90 Å². The first kappa shape index (κ1) is 11.5. The smallest absolute Gasteiger partial charge is 0.320 e. The number of hydrogen-bond acceptors (Lipinski definition) is 2. The summed E-state index contributed by atoms with van der Waals surface area (Å²) in [6.07, 6.45) is 3.07. The van der Waals surface area contributed by atoms with E-state index in [4.69, 9.17) is 5.11 Å². The number of rotatable bonds is 5. The van der Waals surface area contributed by atoms with Gasteiger partial charge in [-0.2, -0.15) is 0 Å². The molecule has 1 saturated heterocycles. The Morgan fingerprint density at radius 2 is 2.21 bits per heavy atom. The quantitative estimate of drug-likeness (QED) is 0.736. The molecule has 1 N–H and O–H groups in total. The minimum atomic E-state index is -0.655. The molecule has 1 rings (SSSR count). The van der Waals surface area contributed by atoms with E-state index in [9.17, 15) is 4.79 Å². The molecule has 0 amide bonds. The number of carboxylic acids is 1. The highest BCUT2D eigenvalue weighted by molar-refractivity contribution is 5.74. The van der Waals surface area contributed by atoms with Crippen LogP contribution in [0.4, 0.5) is 0 Å². The SMILES string of the molecule is CCCCN1[C@@H](C(C)C)C[C@H]1C(=O)O. The van der Waals surface area contributed by atoms with Crippen LogP contribution in [0.15, 0.2) is 0 Å². The molecular formula is C11H21NO2. The molecule has 1 aliphatic rings.